The van der Waals surface area contributed by atoms with Crippen LogP contribution >= 0.6 is 0 Å². The Balaban J connectivity index is 2.11. The molecule has 0 aliphatic rings. The topological polar surface area (TPSA) is 71.8 Å². The maximum absolute atomic E-state index is 11.8. The Morgan fingerprint density at radius 1 is 1.37 bits per heavy atom. The molecule has 0 bridgehead atoms. The molecule has 2 N–H and O–H groups in total. The standard InChI is InChI=1S/C13H17N5O/c1-3-8-14-13(19)10-5-4-6-11(16-10)17-12-7-9-15-18(12)2/h4-7,9H,3,8H2,1-2H3,(H,14,19)(H,16,17). The van der Waals surface area contributed by atoms with E-state index in [0.29, 0.717) is 18.1 Å². The van der Waals surface area contributed by atoms with Crippen LogP contribution in [0.5, 0.6) is 0 Å². The van der Waals surface area contributed by atoms with Crippen molar-refractivity contribution in [2.24, 2.45) is 7.05 Å². The molecule has 0 unspecified atom stereocenters. The quantitative estimate of drug-likeness (QED) is 0.857. The number of aromatic nitrogens is 3. The van der Waals surface area contributed by atoms with Crippen molar-refractivity contribution in [2.45, 2.75) is 13.3 Å². The molecule has 19 heavy (non-hydrogen) atoms. The second-order valence-corrected chi connectivity index (χ2v) is 4.13. The van der Waals surface area contributed by atoms with Gasteiger partial charge in [-0.15, -0.1) is 0 Å². The van der Waals surface area contributed by atoms with E-state index in [9.17, 15) is 4.79 Å². The van der Waals surface area contributed by atoms with Gasteiger partial charge in [-0.05, 0) is 18.6 Å². The normalized spacial score (nSPS) is 10.2. The fourth-order valence-corrected chi connectivity index (χ4v) is 1.59. The zero-order valence-corrected chi connectivity index (χ0v) is 11.1. The number of hydrogen-bond donors (Lipinski definition) is 2. The predicted molar refractivity (Wildman–Crippen MR) is 73.4 cm³/mol. The molecule has 0 radical (unpaired) electrons. The number of carbonyl (C=O) groups is 1. The van der Waals surface area contributed by atoms with Crippen molar-refractivity contribution in [3.63, 3.8) is 0 Å². The van der Waals surface area contributed by atoms with Crippen LogP contribution in [-0.2, 0) is 7.05 Å². The smallest absolute Gasteiger partial charge is 0.269 e. The monoisotopic (exact) mass is 259 g/mol. The van der Waals surface area contributed by atoms with Crippen LogP contribution in [0, 0.1) is 0 Å². The van der Waals surface area contributed by atoms with Crippen LogP contribution in [-0.4, -0.2) is 27.2 Å². The van der Waals surface area contributed by atoms with Crippen LogP contribution in [0.1, 0.15) is 23.8 Å². The molecule has 100 valence electrons. The van der Waals surface area contributed by atoms with Gasteiger partial charge in [0.15, 0.2) is 0 Å². The molecule has 0 saturated heterocycles. The predicted octanol–water partition coefficient (Wildman–Crippen LogP) is 1.70. The van der Waals surface area contributed by atoms with Gasteiger partial charge in [0.05, 0.1) is 6.20 Å². The van der Waals surface area contributed by atoms with Crippen molar-refractivity contribution >= 4 is 17.5 Å². The van der Waals surface area contributed by atoms with Gasteiger partial charge in [0, 0.05) is 19.7 Å². The molecule has 2 rings (SSSR count). The molecular formula is C13H17N5O. The SMILES string of the molecule is CCCNC(=O)c1cccc(Nc2ccnn2C)n1. The minimum atomic E-state index is -0.157. The van der Waals surface area contributed by atoms with Gasteiger partial charge < -0.3 is 10.6 Å². The van der Waals surface area contributed by atoms with E-state index < -0.39 is 0 Å². The van der Waals surface area contributed by atoms with Gasteiger partial charge in [-0.1, -0.05) is 13.0 Å². The summed E-state index contributed by atoms with van der Waals surface area (Å²) in [5.74, 6) is 1.28. The summed E-state index contributed by atoms with van der Waals surface area (Å²) in [5.41, 5.74) is 0.403. The lowest BCUT2D eigenvalue weighted by atomic mass is 10.3. The van der Waals surface area contributed by atoms with Crippen molar-refractivity contribution in [1.82, 2.24) is 20.1 Å². The fraction of sp³-hybridized carbons (Fsp3) is 0.308. The minimum Gasteiger partial charge on any atom is -0.351 e. The molecule has 0 aliphatic carbocycles. The van der Waals surface area contributed by atoms with Crippen molar-refractivity contribution in [3.05, 3.63) is 36.2 Å². The largest absolute Gasteiger partial charge is 0.351 e. The Bertz CT molecular complexity index is 564. The van der Waals surface area contributed by atoms with Crippen molar-refractivity contribution in [1.29, 1.82) is 0 Å². The zero-order valence-electron chi connectivity index (χ0n) is 11.1. The van der Waals surface area contributed by atoms with Crippen LogP contribution in [0.15, 0.2) is 30.5 Å². The number of carbonyl (C=O) groups excluding carboxylic acids is 1. The Morgan fingerprint density at radius 3 is 2.89 bits per heavy atom. The van der Waals surface area contributed by atoms with Gasteiger partial charge in [-0.25, -0.2) is 4.98 Å². The molecule has 1 amide bonds. The first-order valence-electron chi connectivity index (χ1n) is 6.21. The first kappa shape index (κ1) is 13.1. The Hall–Kier alpha value is -2.37. The molecular weight excluding hydrogens is 242 g/mol. The van der Waals surface area contributed by atoms with Crippen LogP contribution in [0.25, 0.3) is 0 Å². The van der Waals surface area contributed by atoms with E-state index in [1.165, 1.54) is 0 Å². The molecule has 6 nitrogen and oxygen atoms in total. The average molecular weight is 259 g/mol. The summed E-state index contributed by atoms with van der Waals surface area (Å²) in [6, 6.07) is 7.14. The molecule has 0 atom stereocenters. The molecule has 0 fully saturated rings. The maximum Gasteiger partial charge on any atom is 0.269 e. The number of nitrogens with zero attached hydrogens (tertiary/aromatic N) is 3. The van der Waals surface area contributed by atoms with Crippen molar-refractivity contribution in [3.8, 4) is 0 Å². The van der Waals surface area contributed by atoms with E-state index in [4.69, 9.17) is 0 Å². The first-order chi connectivity index (χ1) is 9.20. The summed E-state index contributed by atoms with van der Waals surface area (Å²) in [7, 11) is 1.83. The zero-order chi connectivity index (χ0) is 13.7. The second-order valence-electron chi connectivity index (χ2n) is 4.13. The fourth-order valence-electron chi connectivity index (χ4n) is 1.59. The summed E-state index contributed by atoms with van der Waals surface area (Å²) in [6.07, 6.45) is 2.60. The highest BCUT2D eigenvalue weighted by Gasteiger charge is 2.07. The highest BCUT2D eigenvalue weighted by Crippen LogP contribution is 2.13. The van der Waals surface area contributed by atoms with E-state index in [1.54, 1.807) is 23.0 Å². The van der Waals surface area contributed by atoms with Crippen molar-refractivity contribution < 1.29 is 4.79 Å². The summed E-state index contributed by atoms with van der Waals surface area (Å²) in [5, 5.41) is 9.97. The van der Waals surface area contributed by atoms with Crippen LogP contribution in [0.3, 0.4) is 0 Å². The average Bonchev–Trinajstić information content (AvgIpc) is 2.82. The number of pyridine rings is 1. The van der Waals surface area contributed by atoms with E-state index in [0.717, 1.165) is 12.2 Å². The van der Waals surface area contributed by atoms with E-state index in [2.05, 4.69) is 20.7 Å². The Morgan fingerprint density at radius 2 is 2.21 bits per heavy atom. The van der Waals surface area contributed by atoms with Crippen molar-refractivity contribution in [2.75, 3.05) is 11.9 Å². The number of anilines is 2. The molecule has 2 aromatic heterocycles. The van der Waals surface area contributed by atoms with Gasteiger partial charge in [-0.3, -0.25) is 9.48 Å². The van der Waals surface area contributed by atoms with E-state index in [1.807, 2.05) is 26.1 Å². The number of amides is 1. The summed E-state index contributed by atoms with van der Waals surface area (Å²) in [6.45, 7) is 2.66. The van der Waals surface area contributed by atoms with Gasteiger partial charge in [0.25, 0.3) is 5.91 Å². The number of nitrogens with one attached hydrogen (secondary N) is 2. The lowest BCUT2D eigenvalue weighted by Gasteiger charge is -2.07. The molecule has 0 aliphatic heterocycles. The molecule has 0 aromatic carbocycles. The Kier molecular flexibility index (Phi) is 4.12. The van der Waals surface area contributed by atoms with E-state index >= 15 is 0 Å². The third-order valence-electron chi connectivity index (χ3n) is 2.59. The summed E-state index contributed by atoms with van der Waals surface area (Å²) >= 11 is 0. The number of hydrogen-bond acceptors (Lipinski definition) is 4. The molecule has 2 heterocycles. The van der Waals surface area contributed by atoms with Gasteiger partial charge in [0.1, 0.15) is 17.3 Å². The number of aryl methyl sites for hydroxylation is 1. The van der Waals surface area contributed by atoms with Gasteiger partial charge >= 0.3 is 0 Å². The molecule has 0 saturated carbocycles. The summed E-state index contributed by atoms with van der Waals surface area (Å²) < 4.78 is 1.70. The first-order valence-corrected chi connectivity index (χ1v) is 6.21. The minimum absolute atomic E-state index is 0.157. The summed E-state index contributed by atoms with van der Waals surface area (Å²) in [4.78, 5) is 16.1. The highest BCUT2D eigenvalue weighted by atomic mass is 16.1. The number of rotatable bonds is 5. The van der Waals surface area contributed by atoms with Crippen LogP contribution < -0.4 is 10.6 Å². The highest BCUT2D eigenvalue weighted by molar-refractivity contribution is 5.92. The second kappa shape index (κ2) is 5.99. The third kappa shape index (κ3) is 3.31. The molecule has 0 spiro atoms. The van der Waals surface area contributed by atoms with Gasteiger partial charge in [-0.2, -0.15) is 5.10 Å². The molecule has 6 heteroatoms. The lowest BCUT2D eigenvalue weighted by Crippen LogP contribution is -2.25. The maximum atomic E-state index is 11.8. The molecule has 2 aromatic rings. The van der Waals surface area contributed by atoms with Gasteiger partial charge in [0.2, 0.25) is 0 Å². The van der Waals surface area contributed by atoms with E-state index in [-0.39, 0.29) is 5.91 Å². The Labute approximate surface area is 111 Å². The van der Waals surface area contributed by atoms with Crippen LogP contribution in [0.4, 0.5) is 11.6 Å². The van der Waals surface area contributed by atoms with Crippen LogP contribution in [0.2, 0.25) is 0 Å². The lowest BCUT2D eigenvalue weighted by molar-refractivity contribution is 0.0949. The third-order valence-corrected chi connectivity index (χ3v) is 2.59.